The van der Waals surface area contributed by atoms with Crippen LogP contribution >= 0.6 is 0 Å². The van der Waals surface area contributed by atoms with Crippen molar-refractivity contribution in [2.24, 2.45) is 5.92 Å². The molecule has 0 aliphatic carbocycles. The predicted molar refractivity (Wildman–Crippen MR) is 160 cm³/mol. The summed E-state index contributed by atoms with van der Waals surface area (Å²) in [7, 11) is 0. The average molecular weight is 495 g/mol. The minimum absolute atomic E-state index is 0.0439. The maximum Gasteiger partial charge on any atom is 0.0568 e. The van der Waals surface area contributed by atoms with Crippen molar-refractivity contribution in [3.63, 3.8) is 0 Å². The Labute approximate surface area is 224 Å². The molecule has 212 valence electrons. The van der Waals surface area contributed by atoms with Gasteiger partial charge in [-0.3, -0.25) is 0 Å². The highest BCUT2D eigenvalue weighted by Crippen LogP contribution is 2.25. The molecule has 0 heterocycles. The van der Waals surface area contributed by atoms with E-state index in [-0.39, 0.29) is 6.10 Å². The molecule has 0 spiro atoms. The number of hydrogen-bond acceptors (Lipinski definition) is 1. The highest BCUT2D eigenvalue weighted by atomic mass is 16.3. The van der Waals surface area contributed by atoms with E-state index in [2.05, 4.69) is 20.8 Å². The van der Waals surface area contributed by atoms with Crippen LogP contribution in [-0.4, -0.2) is 11.2 Å². The molecule has 0 rings (SSSR count). The Morgan fingerprint density at radius 3 is 0.914 bits per heavy atom. The first-order chi connectivity index (χ1) is 17.3. The van der Waals surface area contributed by atoms with Crippen LogP contribution in [0.25, 0.3) is 0 Å². The normalized spacial score (nSPS) is 13.4. The summed E-state index contributed by atoms with van der Waals surface area (Å²) in [5.74, 6) is 0.561. The Kier molecular flexibility index (Phi) is 30.2. The summed E-state index contributed by atoms with van der Waals surface area (Å²) < 4.78 is 0. The fraction of sp³-hybridized carbons (Fsp3) is 1.00. The van der Waals surface area contributed by atoms with Crippen LogP contribution in [0, 0.1) is 5.92 Å². The maximum absolute atomic E-state index is 10.9. The van der Waals surface area contributed by atoms with Crippen LogP contribution in [0.1, 0.15) is 207 Å². The molecule has 1 N–H and O–H groups in total. The molecule has 0 saturated heterocycles. The Morgan fingerprint density at radius 2 is 0.571 bits per heavy atom. The molecule has 0 aromatic heterocycles. The van der Waals surface area contributed by atoms with Gasteiger partial charge in [0.15, 0.2) is 0 Å². The second-order valence-corrected chi connectivity index (χ2v) is 11.8. The van der Waals surface area contributed by atoms with Crippen molar-refractivity contribution in [3.8, 4) is 0 Å². The van der Waals surface area contributed by atoms with Crippen molar-refractivity contribution in [1.82, 2.24) is 0 Å². The molecule has 2 atom stereocenters. The summed E-state index contributed by atoms with van der Waals surface area (Å²) in [5.41, 5.74) is 0. The fourth-order valence-electron chi connectivity index (χ4n) is 5.67. The highest BCUT2D eigenvalue weighted by molar-refractivity contribution is 4.70. The quantitative estimate of drug-likeness (QED) is 0.0984. The lowest BCUT2D eigenvalue weighted by Crippen LogP contribution is -2.20. The van der Waals surface area contributed by atoms with Crippen molar-refractivity contribution in [2.45, 2.75) is 213 Å². The Bertz CT molecular complexity index is 366. The molecule has 0 radical (unpaired) electrons. The molecule has 0 bridgehead atoms. The van der Waals surface area contributed by atoms with Gasteiger partial charge in [0.1, 0.15) is 0 Å². The van der Waals surface area contributed by atoms with E-state index in [1.54, 1.807) is 0 Å². The van der Waals surface area contributed by atoms with Crippen molar-refractivity contribution in [1.29, 1.82) is 0 Å². The molecular formula is C34H70O. The fourth-order valence-corrected chi connectivity index (χ4v) is 5.67. The van der Waals surface area contributed by atoms with Gasteiger partial charge in [0.25, 0.3) is 0 Å². The van der Waals surface area contributed by atoms with Gasteiger partial charge in [-0.25, -0.2) is 0 Å². The van der Waals surface area contributed by atoms with E-state index < -0.39 is 0 Å². The van der Waals surface area contributed by atoms with Gasteiger partial charge in [0.05, 0.1) is 6.10 Å². The molecule has 0 aromatic carbocycles. The molecule has 0 aliphatic rings. The van der Waals surface area contributed by atoms with E-state index in [9.17, 15) is 5.11 Å². The molecule has 0 aliphatic heterocycles. The van der Waals surface area contributed by atoms with Crippen molar-refractivity contribution in [2.75, 3.05) is 0 Å². The molecule has 0 saturated carbocycles. The highest BCUT2D eigenvalue weighted by Gasteiger charge is 2.18. The van der Waals surface area contributed by atoms with Crippen LogP contribution in [0.4, 0.5) is 0 Å². The van der Waals surface area contributed by atoms with Gasteiger partial charge in [-0.05, 0) is 25.2 Å². The number of aliphatic hydroxyl groups is 1. The monoisotopic (exact) mass is 495 g/mol. The Hall–Kier alpha value is -0.0400. The predicted octanol–water partition coefficient (Wildman–Crippen LogP) is 12.3. The summed E-state index contributed by atoms with van der Waals surface area (Å²) in [5, 5.41) is 10.9. The topological polar surface area (TPSA) is 20.2 Å². The van der Waals surface area contributed by atoms with Crippen LogP contribution in [0.3, 0.4) is 0 Å². The van der Waals surface area contributed by atoms with Crippen LogP contribution in [0.15, 0.2) is 0 Å². The third-order valence-electron chi connectivity index (χ3n) is 8.25. The minimum Gasteiger partial charge on any atom is -0.393 e. The summed E-state index contributed by atoms with van der Waals surface area (Å²) >= 11 is 0. The SMILES string of the molecule is CCCCCCCCCCCCCCCCCC(O)C(CCCC)CCCCCCCCCCC. The van der Waals surface area contributed by atoms with E-state index in [4.69, 9.17) is 0 Å². The smallest absolute Gasteiger partial charge is 0.0568 e. The molecule has 0 fully saturated rings. The standard InChI is InChI=1S/C34H70O/c1-4-7-10-12-14-16-17-18-19-20-21-23-25-27-29-32-34(35)33(30-9-6-3)31-28-26-24-22-15-13-11-8-5-2/h33-35H,4-32H2,1-3H3. The lowest BCUT2D eigenvalue weighted by molar-refractivity contribution is 0.0833. The van der Waals surface area contributed by atoms with Crippen molar-refractivity contribution >= 4 is 0 Å². The van der Waals surface area contributed by atoms with Crippen LogP contribution in [-0.2, 0) is 0 Å². The minimum atomic E-state index is -0.0439. The second-order valence-electron chi connectivity index (χ2n) is 11.8. The lowest BCUT2D eigenvalue weighted by atomic mass is 9.87. The number of rotatable bonds is 30. The van der Waals surface area contributed by atoms with Gasteiger partial charge in [-0.1, -0.05) is 188 Å². The summed E-state index contributed by atoms with van der Waals surface area (Å²) in [4.78, 5) is 0. The van der Waals surface area contributed by atoms with E-state index >= 15 is 0 Å². The first-order valence-corrected chi connectivity index (χ1v) is 16.9. The molecular weight excluding hydrogens is 424 g/mol. The summed E-state index contributed by atoms with van der Waals surface area (Å²) in [6, 6.07) is 0. The summed E-state index contributed by atoms with van der Waals surface area (Å²) in [6.07, 6.45) is 39.9. The maximum atomic E-state index is 10.9. The number of unbranched alkanes of at least 4 members (excludes halogenated alkanes) is 23. The second kappa shape index (κ2) is 30.2. The largest absolute Gasteiger partial charge is 0.393 e. The third-order valence-corrected chi connectivity index (χ3v) is 8.25. The van der Waals surface area contributed by atoms with Gasteiger partial charge in [-0.15, -0.1) is 0 Å². The van der Waals surface area contributed by atoms with Crippen LogP contribution < -0.4 is 0 Å². The molecule has 0 amide bonds. The van der Waals surface area contributed by atoms with E-state index in [0.717, 1.165) is 6.42 Å². The number of hydrogen-bond donors (Lipinski definition) is 1. The zero-order valence-electron chi connectivity index (χ0n) is 25.1. The van der Waals surface area contributed by atoms with Gasteiger partial charge >= 0.3 is 0 Å². The first kappa shape index (κ1) is 35.0. The average Bonchev–Trinajstić information content (AvgIpc) is 2.87. The lowest BCUT2D eigenvalue weighted by Gasteiger charge is -2.23. The van der Waals surface area contributed by atoms with Crippen molar-refractivity contribution < 1.29 is 5.11 Å². The third kappa shape index (κ3) is 26.8. The first-order valence-electron chi connectivity index (χ1n) is 16.9. The molecule has 2 unspecified atom stereocenters. The van der Waals surface area contributed by atoms with Gasteiger partial charge in [0.2, 0.25) is 0 Å². The van der Waals surface area contributed by atoms with Gasteiger partial charge in [0, 0.05) is 0 Å². The Balaban J connectivity index is 3.60. The van der Waals surface area contributed by atoms with Gasteiger partial charge < -0.3 is 5.11 Å². The van der Waals surface area contributed by atoms with E-state index in [1.165, 1.54) is 180 Å². The molecule has 35 heavy (non-hydrogen) atoms. The van der Waals surface area contributed by atoms with Crippen molar-refractivity contribution in [3.05, 3.63) is 0 Å². The van der Waals surface area contributed by atoms with E-state index in [0.29, 0.717) is 5.92 Å². The van der Waals surface area contributed by atoms with Crippen LogP contribution in [0.5, 0.6) is 0 Å². The zero-order valence-corrected chi connectivity index (χ0v) is 25.1. The molecule has 1 nitrogen and oxygen atoms in total. The number of aliphatic hydroxyl groups excluding tert-OH is 1. The Morgan fingerprint density at radius 1 is 0.314 bits per heavy atom. The van der Waals surface area contributed by atoms with E-state index in [1.807, 2.05) is 0 Å². The zero-order chi connectivity index (χ0) is 25.7. The van der Waals surface area contributed by atoms with Crippen LogP contribution in [0.2, 0.25) is 0 Å². The molecule has 1 heteroatoms. The molecule has 0 aromatic rings. The van der Waals surface area contributed by atoms with Gasteiger partial charge in [-0.2, -0.15) is 0 Å². The summed E-state index contributed by atoms with van der Waals surface area (Å²) in [6.45, 7) is 6.88.